The number of unbranched alkanes of at least 4 members (excludes halogenated alkanes) is 1. The molecule has 44 heavy (non-hydrogen) atoms. The number of benzene rings is 1. The molecule has 0 aromatic heterocycles. The van der Waals surface area contributed by atoms with Gasteiger partial charge in [-0.1, -0.05) is 89.8 Å². The van der Waals surface area contributed by atoms with Crippen LogP contribution in [0.3, 0.4) is 0 Å². The minimum Gasteiger partial charge on any atom is -0.489 e. The van der Waals surface area contributed by atoms with Crippen LogP contribution in [0.1, 0.15) is 119 Å². The van der Waals surface area contributed by atoms with E-state index in [0.29, 0.717) is 29.8 Å². The van der Waals surface area contributed by atoms with Crippen molar-refractivity contribution in [2.24, 2.45) is 10.7 Å². The van der Waals surface area contributed by atoms with E-state index in [9.17, 15) is 9.59 Å². The van der Waals surface area contributed by atoms with Crippen LogP contribution in [0, 0.1) is 0 Å². The molecule has 250 valence electrons. The molecule has 1 saturated carbocycles. The molecule has 0 spiro atoms. The number of carbonyl (C=O) groups is 2. The van der Waals surface area contributed by atoms with E-state index in [-0.39, 0.29) is 18.3 Å². The predicted molar refractivity (Wildman–Crippen MR) is 187 cm³/mol. The number of Topliss-reactive ketones (excluding diaryl/α,β-unsaturated/α-hetero) is 1. The SMILES string of the molecule is C=C(C)CN=C1CCCC/C1=C(/N)C(=O)N(CCC)CCC.CCC(=O)CO.CCCCC(CCC)Oc1ccccc1Cl. The zero-order valence-corrected chi connectivity index (χ0v) is 29.2. The number of rotatable bonds is 16. The zero-order valence-electron chi connectivity index (χ0n) is 28.4. The van der Waals surface area contributed by atoms with E-state index >= 15 is 0 Å². The molecule has 1 amide bonds. The number of carbonyl (C=O) groups excluding carboxylic acids is 2. The Kier molecular flexibility index (Phi) is 24.1. The van der Waals surface area contributed by atoms with Gasteiger partial charge in [0.15, 0.2) is 5.78 Å². The average molecular weight is 634 g/mol. The standard InChI is InChI=1S/C18H31N3O.C14H21ClO.C4H8O2/c1-5-11-21(12-6-2)18(22)17(19)15-9-7-8-10-16(15)20-13-14(3)4;1-3-5-9-12(8-4-2)16-14-11-7-6-10-13(14)15;1-2-4(6)3-5/h3,5-13,19H2,1-2,4H3;6-7,10-12H,3-5,8-9H2,1-2H3;5H,2-3H2,1H3/b17-15-,20-16?;;. The minimum atomic E-state index is -0.309. The number of nitrogens with two attached hydrogens (primary N) is 1. The maximum absolute atomic E-state index is 12.7. The molecule has 0 heterocycles. The Morgan fingerprint density at radius 3 is 2.16 bits per heavy atom. The fourth-order valence-corrected chi connectivity index (χ4v) is 4.77. The molecular formula is C36H60ClN3O4. The van der Waals surface area contributed by atoms with E-state index in [4.69, 9.17) is 27.2 Å². The number of hydrogen-bond donors (Lipinski definition) is 2. The summed E-state index contributed by atoms with van der Waals surface area (Å²) in [5.41, 5.74) is 9.64. The van der Waals surface area contributed by atoms with Crippen molar-refractivity contribution in [3.05, 3.63) is 52.7 Å². The summed E-state index contributed by atoms with van der Waals surface area (Å²) in [5.74, 6) is 0.692. The molecule has 1 aromatic rings. The molecule has 2 rings (SSSR count). The highest BCUT2D eigenvalue weighted by Crippen LogP contribution is 2.26. The molecule has 1 aliphatic rings. The predicted octanol–water partition coefficient (Wildman–Crippen LogP) is 8.47. The summed E-state index contributed by atoms with van der Waals surface area (Å²) in [5, 5.41) is 8.69. The van der Waals surface area contributed by atoms with Crippen LogP contribution < -0.4 is 10.5 Å². The van der Waals surface area contributed by atoms with Crippen molar-refractivity contribution in [1.29, 1.82) is 0 Å². The average Bonchev–Trinajstić information content (AvgIpc) is 3.03. The van der Waals surface area contributed by atoms with Crippen LogP contribution in [0.2, 0.25) is 5.02 Å². The molecule has 1 atom stereocenters. The second-order valence-corrected chi connectivity index (χ2v) is 11.7. The van der Waals surface area contributed by atoms with E-state index in [1.165, 1.54) is 12.8 Å². The normalized spacial score (nSPS) is 15.2. The minimum absolute atomic E-state index is 0.0244. The number of ether oxygens (including phenoxy) is 1. The van der Waals surface area contributed by atoms with Gasteiger partial charge >= 0.3 is 0 Å². The lowest BCUT2D eigenvalue weighted by molar-refractivity contribution is -0.127. The fourth-order valence-electron chi connectivity index (χ4n) is 4.59. The number of amides is 1. The third-order valence-electron chi connectivity index (χ3n) is 7.00. The number of aliphatic hydroxyl groups excluding tert-OH is 1. The van der Waals surface area contributed by atoms with Gasteiger partial charge in [0.25, 0.3) is 5.91 Å². The van der Waals surface area contributed by atoms with Crippen molar-refractivity contribution < 1.29 is 19.4 Å². The number of hydrogen-bond acceptors (Lipinski definition) is 6. The first-order chi connectivity index (χ1) is 21.1. The Balaban J connectivity index is 0.000000732. The molecule has 0 radical (unpaired) electrons. The van der Waals surface area contributed by atoms with Crippen molar-refractivity contribution in [1.82, 2.24) is 4.90 Å². The van der Waals surface area contributed by atoms with Gasteiger partial charge in [-0.25, -0.2) is 0 Å². The first-order valence-electron chi connectivity index (χ1n) is 16.6. The van der Waals surface area contributed by atoms with Gasteiger partial charge in [0.2, 0.25) is 0 Å². The Labute approximate surface area is 273 Å². The lowest BCUT2D eigenvalue weighted by Gasteiger charge is -2.25. The van der Waals surface area contributed by atoms with Crippen molar-refractivity contribution in [2.75, 3.05) is 26.2 Å². The molecule has 0 saturated heterocycles. The van der Waals surface area contributed by atoms with Gasteiger partial charge in [-0.2, -0.15) is 0 Å². The molecule has 0 bridgehead atoms. The second kappa shape index (κ2) is 25.7. The molecule has 1 unspecified atom stereocenters. The van der Waals surface area contributed by atoms with Gasteiger partial charge in [0.05, 0.1) is 17.7 Å². The number of para-hydroxylation sites is 1. The third-order valence-corrected chi connectivity index (χ3v) is 7.31. The fraction of sp³-hybridized carbons (Fsp3) is 0.639. The van der Waals surface area contributed by atoms with Gasteiger partial charge in [-0.3, -0.25) is 14.6 Å². The van der Waals surface area contributed by atoms with Crippen LogP contribution in [0.4, 0.5) is 0 Å². The van der Waals surface area contributed by atoms with Gasteiger partial charge in [0, 0.05) is 30.8 Å². The summed E-state index contributed by atoms with van der Waals surface area (Å²) >= 11 is 6.08. The van der Waals surface area contributed by atoms with Crippen LogP contribution >= 0.6 is 11.6 Å². The lowest BCUT2D eigenvalue weighted by Crippen LogP contribution is -2.37. The number of aliphatic imine (C=N–C) groups is 1. The topological polar surface area (TPSA) is 105 Å². The second-order valence-electron chi connectivity index (χ2n) is 11.3. The van der Waals surface area contributed by atoms with Crippen LogP contribution in [0.25, 0.3) is 0 Å². The van der Waals surface area contributed by atoms with Crippen molar-refractivity contribution in [2.45, 2.75) is 125 Å². The zero-order chi connectivity index (χ0) is 33.3. The number of aliphatic hydroxyl groups is 1. The van der Waals surface area contributed by atoms with Crippen LogP contribution in [0.15, 0.2) is 52.7 Å². The first kappa shape index (κ1) is 41.4. The molecule has 0 aliphatic heterocycles. The number of ketones is 1. The maximum Gasteiger partial charge on any atom is 0.270 e. The lowest BCUT2D eigenvalue weighted by atomic mass is 9.90. The summed E-state index contributed by atoms with van der Waals surface area (Å²) < 4.78 is 5.96. The largest absolute Gasteiger partial charge is 0.489 e. The Bertz CT molecular complexity index is 1030. The van der Waals surface area contributed by atoms with Gasteiger partial charge in [-0.15, -0.1) is 0 Å². The highest BCUT2D eigenvalue weighted by atomic mass is 35.5. The van der Waals surface area contributed by atoms with Crippen LogP contribution in [0.5, 0.6) is 5.75 Å². The van der Waals surface area contributed by atoms with Crippen molar-refractivity contribution in [3.8, 4) is 5.75 Å². The maximum atomic E-state index is 12.7. The van der Waals surface area contributed by atoms with Gasteiger partial charge in [0.1, 0.15) is 18.1 Å². The van der Waals surface area contributed by atoms with Crippen LogP contribution in [-0.4, -0.2) is 59.8 Å². The molecule has 1 aliphatic carbocycles. The first-order valence-corrected chi connectivity index (χ1v) is 17.0. The third kappa shape index (κ3) is 17.6. The number of allylic oxidation sites excluding steroid dienone is 1. The molecule has 3 N–H and O–H groups in total. The van der Waals surface area contributed by atoms with E-state index in [1.807, 2.05) is 36.1 Å². The smallest absolute Gasteiger partial charge is 0.270 e. The Morgan fingerprint density at radius 2 is 1.66 bits per heavy atom. The molecule has 1 aromatic carbocycles. The summed E-state index contributed by atoms with van der Waals surface area (Å²) in [6.07, 6.45) is 12.4. The van der Waals surface area contributed by atoms with E-state index in [2.05, 4.69) is 39.3 Å². The van der Waals surface area contributed by atoms with E-state index < -0.39 is 0 Å². The van der Waals surface area contributed by atoms with Crippen molar-refractivity contribution >= 4 is 29.0 Å². The Hall–Kier alpha value is -2.64. The number of halogens is 1. The summed E-state index contributed by atoms with van der Waals surface area (Å²) in [4.78, 5) is 29.1. The summed E-state index contributed by atoms with van der Waals surface area (Å²) in [6, 6.07) is 7.71. The van der Waals surface area contributed by atoms with Gasteiger partial charge < -0.3 is 20.5 Å². The monoisotopic (exact) mass is 633 g/mol. The molecule has 1 fully saturated rings. The van der Waals surface area contributed by atoms with Gasteiger partial charge in [-0.05, 0) is 70.4 Å². The van der Waals surface area contributed by atoms with E-state index in [0.717, 1.165) is 93.5 Å². The summed E-state index contributed by atoms with van der Waals surface area (Å²) in [7, 11) is 0. The highest BCUT2D eigenvalue weighted by molar-refractivity contribution is 6.32. The Morgan fingerprint density at radius 1 is 1.02 bits per heavy atom. The number of nitrogens with zero attached hydrogens (tertiary/aromatic N) is 2. The highest BCUT2D eigenvalue weighted by Gasteiger charge is 2.23. The molecule has 8 heteroatoms. The summed E-state index contributed by atoms with van der Waals surface area (Å²) in [6.45, 7) is 18.0. The van der Waals surface area contributed by atoms with E-state index in [1.54, 1.807) is 6.92 Å². The molecule has 7 nitrogen and oxygen atoms in total. The quantitative estimate of drug-likeness (QED) is 0.140. The van der Waals surface area contributed by atoms with Crippen LogP contribution in [-0.2, 0) is 9.59 Å². The van der Waals surface area contributed by atoms with Crippen molar-refractivity contribution in [3.63, 3.8) is 0 Å². The molecular weight excluding hydrogens is 574 g/mol.